The maximum absolute atomic E-state index is 11.6. The number of rotatable bonds is 2. The van der Waals surface area contributed by atoms with Gasteiger partial charge in [0.05, 0.1) is 5.69 Å². The second-order valence-electron chi connectivity index (χ2n) is 2.81. The minimum atomic E-state index is -0.254. The van der Waals surface area contributed by atoms with Gasteiger partial charge < -0.3 is 5.32 Å². The van der Waals surface area contributed by atoms with E-state index < -0.39 is 0 Å². The van der Waals surface area contributed by atoms with Crippen LogP contribution in [0, 0.1) is 0 Å². The van der Waals surface area contributed by atoms with E-state index in [0.29, 0.717) is 10.8 Å². The maximum Gasteiger partial charge on any atom is 0.274 e. The zero-order valence-corrected chi connectivity index (χ0v) is 9.18. The van der Waals surface area contributed by atoms with E-state index in [1.165, 1.54) is 11.3 Å². The van der Waals surface area contributed by atoms with Crippen molar-refractivity contribution in [2.75, 3.05) is 5.32 Å². The van der Waals surface area contributed by atoms with Crippen LogP contribution < -0.4 is 5.32 Å². The Balaban J connectivity index is 2.15. The van der Waals surface area contributed by atoms with Crippen molar-refractivity contribution in [3.63, 3.8) is 0 Å². The Bertz CT molecular complexity index is 470. The molecule has 0 fully saturated rings. The summed E-state index contributed by atoms with van der Waals surface area (Å²) >= 11 is 7.20. The van der Waals surface area contributed by atoms with E-state index in [1.807, 2.05) is 16.8 Å². The number of carbonyl (C=O) groups is 1. The highest BCUT2D eigenvalue weighted by Gasteiger charge is 2.07. The lowest BCUT2D eigenvalue weighted by molar-refractivity contribution is 0.102. The average Bonchev–Trinajstić information content (AvgIpc) is 2.70. The zero-order valence-electron chi connectivity index (χ0n) is 7.61. The van der Waals surface area contributed by atoms with E-state index in [1.54, 1.807) is 18.2 Å². The molecule has 0 spiro atoms. The van der Waals surface area contributed by atoms with E-state index in [0.717, 1.165) is 5.69 Å². The molecule has 0 aliphatic carbocycles. The van der Waals surface area contributed by atoms with E-state index in [9.17, 15) is 4.79 Å². The van der Waals surface area contributed by atoms with E-state index in [4.69, 9.17) is 11.6 Å². The van der Waals surface area contributed by atoms with Crippen LogP contribution in [0.4, 0.5) is 5.69 Å². The highest BCUT2D eigenvalue weighted by atomic mass is 35.5. The minimum Gasteiger partial charge on any atom is -0.320 e. The third kappa shape index (κ3) is 2.55. The molecule has 15 heavy (non-hydrogen) atoms. The average molecular weight is 239 g/mol. The molecular weight excluding hydrogens is 232 g/mol. The number of nitrogens with zero attached hydrogens (tertiary/aromatic N) is 1. The fourth-order valence-corrected chi connectivity index (χ4v) is 1.82. The van der Waals surface area contributed by atoms with Crippen LogP contribution >= 0.6 is 22.9 Å². The van der Waals surface area contributed by atoms with Gasteiger partial charge in [-0.25, -0.2) is 4.98 Å². The molecule has 0 aliphatic rings. The molecule has 1 amide bonds. The molecule has 0 aromatic carbocycles. The van der Waals surface area contributed by atoms with Crippen molar-refractivity contribution in [3.05, 3.63) is 45.9 Å². The molecule has 2 aromatic rings. The lowest BCUT2D eigenvalue weighted by Crippen LogP contribution is -2.12. The largest absolute Gasteiger partial charge is 0.320 e. The Kier molecular flexibility index (Phi) is 2.99. The summed E-state index contributed by atoms with van der Waals surface area (Å²) in [5.74, 6) is -0.254. The second kappa shape index (κ2) is 4.42. The molecule has 5 heteroatoms. The number of pyridine rings is 1. The first-order valence-corrected chi connectivity index (χ1v) is 5.54. The summed E-state index contributed by atoms with van der Waals surface area (Å²) in [5.41, 5.74) is 1.08. The van der Waals surface area contributed by atoms with Crippen LogP contribution in [0.2, 0.25) is 5.15 Å². The molecule has 0 aliphatic heterocycles. The van der Waals surface area contributed by atoms with Gasteiger partial charge in [-0.3, -0.25) is 4.79 Å². The van der Waals surface area contributed by atoms with Gasteiger partial charge in [0.2, 0.25) is 0 Å². The summed E-state index contributed by atoms with van der Waals surface area (Å²) in [6.45, 7) is 0. The topological polar surface area (TPSA) is 42.0 Å². The molecule has 2 rings (SSSR count). The van der Waals surface area contributed by atoms with Crippen molar-refractivity contribution < 1.29 is 4.79 Å². The molecule has 0 atom stereocenters. The van der Waals surface area contributed by atoms with Gasteiger partial charge in [-0.1, -0.05) is 17.7 Å². The number of anilines is 1. The molecule has 1 N–H and O–H groups in total. The van der Waals surface area contributed by atoms with E-state index >= 15 is 0 Å². The summed E-state index contributed by atoms with van der Waals surface area (Å²) in [7, 11) is 0. The van der Waals surface area contributed by atoms with Gasteiger partial charge >= 0.3 is 0 Å². The third-order valence-corrected chi connectivity index (χ3v) is 2.62. The minimum absolute atomic E-state index is 0.254. The van der Waals surface area contributed by atoms with Gasteiger partial charge in [-0.15, -0.1) is 0 Å². The summed E-state index contributed by atoms with van der Waals surface area (Å²) in [4.78, 5) is 15.5. The van der Waals surface area contributed by atoms with Crippen molar-refractivity contribution in [1.29, 1.82) is 0 Å². The number of hydrogen-bond acceptors (Lipinski definition) is 3. The van der Waals surface area contributed by atoms with Gasteiger partial charge in [0.1, 0.15) is 10.8 Å². The number of halogens is 1. The fourth-order valence-electron chi connectivity index (χ4n) is 1.07. The van der Waals surface area contributed by atoms with Gasteiger partial charge in [-0.05, 0) is 23.6 Å². The van der Waals surface area contributed by atoms with Crippen molar-refractivity contribution in [1.82, 2.24) is 4.98 Å². The molecule has 0 saturated heterocycles. The van der Waals surface area contributed by atoms with Crippen molar-refractivity contribution in [2.45, 2.75) is 0 Å². The van der Waals surface area contributed by atoms with E-state index in [-0.39, 0.29) is 5.91 Å². The van der Waals surface area contributed by atoms with Crippen LogP contribution in [-0.2, 0) is 0 Å². The Hall–Kier alpha value is -1.39. The molecule has 0 unspecified atom stereocenters. The SMILES string of the molecule is O=C(Nc1ccsc1)c1cccc(Cl)n1. The summed E-state index contributed by atoms with van der Waals surface area (Å²) in [6.07, 6.45) is 0. The van der Waals surface area contributed by atoms with Gasteiger partial charge in [0, 0.05) is 5.38 Å². The monoisotopic (exact) mass is 238 g/mol. The Morgan fingerprint density at radius 2 is 2.27 bits per heavy atom. The normalized spacial score (nSPS) is 9.93. The summed E-state index contributed by atoms with van der Waals surface area (Å²) in [5, 5.41) is 6.77. The number of nitrogens with one attached hydrogen (secondary N) is 1. The number of aromatic nitrogens is 1. The van der Waals surface area contributed by atoms with Crippen LogP contribution in [0.15, 0.2) is 35.0 Å². The summed E-state index contributed by atoms with van der Waals surface area (Å²) in [6, 6.07) is 6.77. The van der Waals surface area contributed by atoms with Crippen LogP contribution in [0.1, 0.15) is 10.5 Å². The van der Waals surface area contributed by atoms with Crippen LogP contribution in [-0.4, -0.2) is 10.9 Å². The summed E-state index contributed by atoms with van der Waals surface area (Å²) < 4.78 is 0. The van der Waals surface area contributed by atoms with Crippen molar-refractivity contribution >= 4 is 34.5 Å². The van der Waals surface area contributed by atoms with Crippen LogP contribution in [0.5, 0.6) is 0 Å². The molecule has 0 bridgehead atoms. The predicted molar refractivity (Wildman–Crippen MR) is 61.5 cm³/mol. The molecule has 3 nitrogen and oxygen atoms in total. The number of carbonyl (C=O) groups excluding carboxylic acids is 1. The molecule has 2 heterocycles. The first-order valence-electron chi connectivity index (χ1n) is 4.22. The highest BCUT2D eigenvalue weighted by molar-refractivity contribution is 7.08. The quantitative estimate of drug-likeness (QED) is 0.817. The van der Waals surface area contributed by atoms with Gasteiger partial charge in [-0.2, -0.15) is 11.3 Å². The highest BCUT2D eigenvalue weighted by Crippen LogP contribution is 2.13. The maximum atomic E-state index is 11.6. The molecular formula is C10H7ClN2OS. The van der Waals surface area contributed by atoms with Crippen molar-refractivity contribution in [2.24, 2.45) is 0 Å². The van der Waals surface area contributed by atoms with Crippen LogP contribution in [0.3, 0.4) is 0 Å². The number of hydrogen-bond donors (Lipinski definition) is 1. The van der Waals surface area contributed by atoms with Gasteiger partial charge in [0.25, 0.3) is 5.91 Å². The lowest BCUT2D eigenvalue weighted by atomic mass is 10.3. The zero-order chi connectivity index (χ0) is 10.7. The third-order valence-electron chi connectivity index (χ3n) is 1.73. The number of thiophene rings is 1. The predicted octanol–water partition coefficient (Wildman–Crippen LogP) is 3.05. The van der Waals surface area contributed by atoms with Crippen molar-refractivity contribution in [3.8, 4) is 0 Å². The van der Waals surface area contributed by atoms with Crippen LogP contribution in [0.25, 0.3) is 0 Å². The Morgan fingerprint density at radius 3 is 2.93 bits per heavy atom. The van der Waals surface area contributed by atoms with E-state index in [2.05, 4.69) is 10.3 Å². The van der Waals surface area contributed by atoms with Gasteiger partial charge in [0.15, 0.2) is 0 Å². The Labute approximate surface area is 95.7 Å². The molecule has 0 radical (unpaired) electrons. The fraction of sp³-hybridized carbons (Fsp3) is 0. The molecule has 76 valence electrons. The smallest absolute Gasteiger partial charge is 0.274 e. The Morgan fingerprint density at radius 1 is 1.40 bits per heavy atom. The first-order chi connectivity index (χ1) is 7.25. The second-order valence-corrected chi connectivity index (χ2v) is 3.98. The molecule has 2 aromatic heterocycles. The molecule has 0 saturated carbocycles. The first kappa shape index (κ1) is 10.1. The standard InChI is InChI=1S/C10H7ClN2OS/c11-9-3-1-2-8(13-9)10(14)12-7-4-5-15-6-7/h1-6H,(H,12,14). The number of amides is 1. The lowest BCUT2D eigenvalue weighted by Gasteiger charge is -2.01.